The van der Waals surface area contributed by atoms with E-state index in [-0.39, 0.29) is 0 Å². The van der Waals surface area contributed by atoms with Crippen LogP contribution in [0.2, 0.25) is 0 Å². The van der Waals surface area contributed by atoms with Crippen LogP contribution in [0.25, 0.3) is 0 Å². The summed E-state index contributed by atoms with van der Waals surface area (Å²) in [6.07, 6.45) is 2.08. The molecule has 0 fully saturated rings. The molecule has 0 saturated heterocycles. The molecule has 0 spiro atoms. The van der Waals surface area contributed by atoms with Crippen LogP contribution in [0.15, 0.2) is 12.4 Å². The Kier molecular flexibility index (Phi) is 3.77. The van der Waals surface area contributed by atoms with Crippen LogP contribution in [0.5, 0.6) is 0 Å². The molecule has 2 unspecified atom stereocenters. The van der Waals surface area contributed by atoms with Crippen LogP contribution in [-0.4, -0.2) is 31.9 Å². The van der Waals surface area contributed by atoms with E-state index >= 15 is 0 Å². The second kappa shape index (κ2) is 4.64. The molecule has 0 bridgehead atoms. The number of rotatable bonds is 4. The van der Waals surface area contributed by atoms with Crippen LogP contribution in [0.4, 0.5) is 0 Å². The number of aromatic nitrogens is 2. The molecule has 74 valence electrons. The fourth-order valence-electron chi connectivity index (χ4n) is 1.11. The van der Waals surface area contributed by atoms with Crippen molar-refractivity contribution in [3.05, 3.63) is 18.0 Å². The van der Waals surface area contributed by atoms with Crippen molar-refractivity contribution in [2.75, 3.05) is 5.75 Å². The summed E-state index contributed by atoms with van der Waals surface area (Å²) in [7, 11) is 1.77. The van der Waals surface area contributed by atoms with Gasteiger partial charge in [0.1, 0.15) is 6.10 Å². The zero-order valence-electron chi connectivity index (χ0n) is 7.46. The number of hydrogen-bond acceptors (Lipinski definition) is 4. The Hall–Kier alpha value is -0.520. The maximum absolute atomic E-state index is 9.60. The Labute approximate surface area is 82.6 Å². The molecule has 0 aromatic carbocycles. The second-order valence-corrected chi connectivity index (χ2v) is 3.42. The second-order valence-electron chi connectivity index (χ2n) is 2.97. The lowest BCUT2D eigenvalue weighted by Crippen LogP contribution is -2.18. The van der Waals surface area contributed by atoms with Gasteiger partial charge in [-0.2, -0.15) is 17.7 Å². The van der Waals surface area contributed by atoms with Gasteiger partial charge in [-0.1, -0.05) is 0 Å². The average molecular weight is 202 g/mol. The van der Waals surface area contributed by atoms with Crippen molar-refractivity contribution in [3.63, 3.8) is 0 Å². The van der Waals surface area contributed by atoms with Gasteiger partial charge < -0.3 is 10.2 Å². The van der Waals surface area contributed by atoms with E-state index in [9.17, 15) is 10.2 Å². The van der Waals surface area contributed by atoms with Crippen LogP contribution in [0, 0.1) is 0 Å². The molecule has 4 nitrogen and oxygen atoms in total. The Balaban J connectivity index is 2.61. The first-order valence-corrected chi connectivity index (χ1v) is 4.74. The molecule has 1 aromatic rings. The van der Waals surface area contributed by atoms with E-state index in [2.05, 4.69) is 17.7 Å². The molecule has 0 aliphatic heterocycles. The van der Waals surface area contributed by atoms with E-state index in [4.69, 9.17) is 0 Å². The number of thiol groups is 1. The van der Waals surface area contributed by atoms with Gasteiger partial charge in [-0.3, -0.25) is 4.68 Å². The lowest BCUT2D eigenvalue weighted by molar-refractivity contribution is 0.0172. The fourth-order valence-corrected chi connectivity index (χ4v) is 1.37. The molecular weight excluding hydrogens is 188 g/mol. The van der Waals surface area contributed by atoms with E-state index in [1.165, 1.54) is 0 Å². The van der Waals surface area contributed by atoms with Crippen LogP contribution in [0.1, 0.15) is 18.1 Å². The zero-order chi connectivity index (χ0) is 9.84. The molecule has 1 aromatic heterocycles. The van der Waals surface area contributed by atoms with Gasteiger partial charge in [-0.25, -0.2) is 0 Å². The van der Waals surface area contributed by atoms with Crippen molar-refractivity contribution in [1.29, 1.82) is 0 Å². The van der Waals surface area contributed by atoms with E-state index in [1.54, 1.807) is 24.1 Å². The summed E-state index contributed by atoms with van der Waals surface area (Å²) >= 11 is 3.98. The molecule has 2 atom stereocenters. The standard InChI is InChI=1S/C8H14N2O2S/c1-10-5-6(4-9-10)8(12)7(11)2-3-13/h4-5,7-8,11-13H,2-3H2,1H3. The molecule has 5 heteroatoms. The van der Waals surface area contributed by atoms with Crippen molar-refractivity contribution >= 4 is 12.6 Å². The molecular formula is C8H14N2O2S. The maximum atomic E-state index is 9.60. The maximum Gasteiger partial charge on any atom is 0.108 e. The highest BCUT2D eigenvalue weighted by Crippen LogP contribution is 2.17. The number of aliphatic hydroxyl groups excluding tert-OH is 2. The molecule has 1 rings (SSSR count). The van der Waals surface area contributed by atoms with Gasteiger partial charge in [0.25, 0.3) is 0 Å². The first-order valence-electron chi connectivity index (χ1n) is 4.10. The van der Waals surface area contributed by atoms with Crippen molar-refractivity contribution in [1.82, 2.24) is 9.78 Å². The van der Waals surface area contributed by atoms with Crippen LogP contribution in [-0.2, 0) is 7.05 Å². The summed E-state index contributed by atoms with van der Waals surface area (Å²) in [5.41, 5.74) is 0.636. The summed E-state index contributed by atoms with van der Waals surface area (Å²) in [6, 6.07) is 0. The van der Waals surface area contributed by atoms with Gasteiger partial charge in [-0.05, 0) is 12.2 Å². The summed E-state index contributed by atoms with van der Waals surface area (Å²) in [4.78, 5) is 0. The predicted molar refractivity (Wildman–Crippen MR) is 52.6 cm³/mol. The third-order valence-electron chi connectivity index (χ3n) is 1.86. The number of hydrogen-bond donors (Lipinski definition) is 3. The third kappa shape index (κ3) is 2.72. The molecule has 0 aliphatic rings. The van der Waals surface area contributed by atoms with E-state index in [1.807, 2.05) is 0 Å². The van der Waals surface area contributed by atoms with Crippen molar-refractivity contribution in [2.24, 2.45) is 7.05 Å². The van der Waals surface area contributed by atoms with Gasteiger partial charge in [0, 0.05) is 18.8 Å². The largest absolute Gasteiger partial charge is 0.390 e. The van der Waals surface area contributed by atoms with Crippen LogP contribution >= 0.6 is 12.6 Å². The number of aryl methyl sites for hydroxylation is 1. The van der Waals surface area contributed by atoms with Gasteiger partial charge in [-0.15, -0.1) is 0 Å². The smallest absolute Gasteiger partial charge is 0.108 e. The predicted octanol–water partition coefficient (Wildman–Crippen LogP) is 0.134. The summed E-state index contributed by atoms with van der Waals surface area (Å²) in [6.45, 7) is 0. The SMILES string of the molecule is Cn1cc(C(O)C(O)CCS)cn1. The van der Waals surface area contributed by atoms with Crippen molar-refractivity contribution < 1.29 is 10.2 Å². The quantitative estimate of drug-likeness (QED) is 0.608. The minimum Gasteiger partial charge on any atom is -0.390 e. The third-order valence-corrected chi connectivity index (χ3v) is 2.11. The molecule has 0 amide bonds. The monoisotopic (exact) mass is 202 g/mol. The lowest BCUT2D eigenvalue weighted by Gasteiger charge is -2.14. The highest BCUT2D eigenvalue weighted by atomic mass is 32.1. The Morgan fingerprint density at radius 2 is 2.31 bits per heavy atom. The van der Waals surface area contributed by atoms with E-state index in [0.29, 0.717) is 17.7 Å². The zero-order valence-corrected chi connectivity index (χ0v) is 8.35. The van der Waals surface area contributed by atoms with Crippen LogP contribution < -0.4 is 0 Å². The van der Waals surface area contributed by atoms with E-state index < -0.39 is 12.2 Å². The van der Waals surface area contributed by atoms with Gasteiger partial charge in [0.15, 0.2) is 0 Å². The number of aliphatic hydroxyl groups is 2. The van der Waals surface area contributed by atoms with Gasteiger partial charge in [0.2, 0.25) is 0 Å². The first kappa shape index (κ1) is 10.6. The minimum absolute atomic E-state index is 0.471. The van der Waals surface area contributed by atoms with Crippen molar-refractivity contribution in [2.45, 2.75) is 18.6 Å². The molecule has 2 N–H and O–H groups in total. The molecule has 0 radical (unpaired) electrons. The minimum atomic E-state index is -0.860. The Morgan fingerprint density at radius 3 is 2.77 bits per heavy atom. The topological polar surface area (TPSA) is 58.3 Å². The molecule has 1 heterocycles. The molecule has 0 aliphatic carbocycles. The normalized spacial score (nSPS) is 15.7. The van der Waals surface area contributed by atoms with Crippen LogP contribution in [0.3, 0.4) is 0 Å². The summed E-state index contributed by atoms with van der Waals surface area (Å²) in [5, 5.41) is 22.9. The van der Waals surface area contributed by atoms with Gasteiger partial charge >= 0.3 is 0 Å². The fraction of sp³-hybridized carbons (Fsp3) is 0.625. The first-order chi connectivity index (χ1) is 6.15. The lowest BCUT2D eigenvalue weighted by atomic mass is 10.1. The highest BCUT2D eigenvalue weighted by molar-refractivity contribution is 7.80. The van der Waals surface area contributed by atoms with Crippen molar-refractivity contribution in [3.8, 4) is 0 Å². The van der Waals surface area contributed by atoms with Gasteiger partial charge in [0.05, 0.1) is 12.3 Å². The molecule has 0 saturated carbocycles. The van der Waals surface area contributed by atoms with E-state index in [0.717, 1.165) is 0 Å². The Bertz CT molecular complexity index is 264. The number of nitrogens with zero attached hydrogens (tertiary/aromatic N) is 2. The average Bonchev–Trinajstić information content (AvgIpc) is 2.51. The molecule has 13 heavy (non-hydrogen) atoms. The Morgan fingerprint density at radius 1 is 1.62 bits per heavy atom. The summed E-state index contributed by atoms with van der Waals surface area (Å²) in [5.74, 6) is 0.554. The summed E-state index contributed by atoms with van der Waals surface area (Å²) < 4.78 is 1.59. The highest BCUT2D eigenvalue weighted by Gasteiger charge is 2.18.